The molecule has 5 nitrogen and oxygen atoms in total. The van der Waals surface area contributed by atoms with Crippen molar-refractivity contribution in [3.8, 4) is 11.5 Å². The summed E-state index contributed by atoms with van der Waals surface area (Å²) in [7, 11) is 0. The number of hydrogen-bond donors (Lipinski definition) is 1. The average molecular weight is 325 g/mol. The minimum absolute atomic E-state index is 0.0835. The van der Waals surface area contributed by atoms with Gasteiger partial charge in [-0.3, -0.25) is 10.1 Å². The van der Waals surface area contributed by atoms with Crippen molar-refractivity contribution in [1.82, 2.24) is 10.2 Å². The smallest absolute Gasteiger partial charge is 0.322 e. The Bertz CT molecular complexity index is 828. The molecule has 1 N–H and O–H groups in total. The van der Waals surface area contributed by atoms with Gasteiger partial charge in [0.05, 0.1) is 0 Å². The van der Waals surface area contributed by atoms with Crippen molar-refractivity contribution in [1.29, 1.82) is 0 Å². The minimum atomic E-state index is -0.280. The van der Waals surface area contributed by atoms with E-state index in [9.17, 15) is 4.79 Å². The van der Waals surface area contributed by atoms with Gasteiger partial charge in [-0.05, 0) is 43.5 Å². The van der Waals surface area contributed by atoms with E-state index in [1.54, 1.807) is 23.9 Å². The molecule has 1 aromatic heterocycles. The molecule has 0 aliphatic carbocycles. The third kappa shape index (κ3) is 3.60. The summed E-state index contributed by atoms with van der Waals surface area (Å²) >= 11 is 1.63. The first-order valence-corrected chi connectivity index (χ1v) is 8.24. The molecule has 0 fully saturated rings. The number of rotatable bonds is 4. The molecule has 6 heteroatoms. The lowest BCUT2D eigenvalue weighted by molar-refractivity contribution is 0.102. The molecule has 3 rings (SSSR count). The lowest BCUT2D eigenvalue weighted by Gasteiger charge is -2.01. The molecule has 2 aromatic carbocycles. The summed E-state index contributed by atoms with van der Waals surface area (Å²) in [6.45, 7) is 1.97. The van der Waals surface area contributed by atoms with Gasteiger partial charge in [0, 0.05) is 16.0 Å². The fourth-order valence-electron chi connectivity index (χ4n) is 2.02. The number of hydrogen-bond acceptors (Lipinski definition) is 5. The molecule has 0 unspecified atom stereocenters. The van der Waals surface area contributed by atoms with Crippen LogP contribution in [0.25, 0.3) is 11.5 Å². The molecule has 0 atom stereocenters. The molecule has 1 amide bonds. The molecule has 1 heterocycles. The highest BCUT2D eigenvalue weighted by Crippen LogP contribution is 2.24. The SMILES string of the molecule is CSc1cccc(-c2nnc(NC(=O)c3ccc(C)cc3)o2)c1. The van der Waals surface area contributed by atoms with Crippen molar-refractivity contribution in [3.63, 3.8) is 0 Å². The second-order valence-corrected chi connectivity index (χ2v) is 5.84. The normalized spacial score (nSPS) is 10.5. The maximum Gasteiger partial charge on any atom is 0.322 e. The average Bonchev–Trinajstić information content (AvgIpc) is 3.04. The van der Waals surface area contributed by atoms with Crippen LogP contribution < -0.4 is 5.32 Å². The second-order valence-electron chi connectivity index (χ2n) is 4.96. The highest BCUT2D eigenvalue weighted by atomic mass is 32.2. The highest BCUT2D eigenvalue weighted by Gasteiger charge is 2.13. The van der Waals surface area contributed by atoms with E-state index >= 15 is 0 Å². The summed E-state index contributed by atoms with van der Waals surface area (Å²) in [4.78, 5) is 13.2. The molecule has 116 valence electrons. The van der Waals surface area contributed by atoms with Gasteiger partial charge in [0.15, 0.2) is 0 Å². The summed E-state index contributed by atoms with van der Waals surface area (Å²) < 4.78 is 5.52. The highest BCUT2D eigenvalue weighted by molar-refractivity contribution is 7.98. The predicted molar refractivity (Wildman–Crippen MR) is 90.6 cm³/mol. The Labute approximate surface area is 138 Å². The zero-order chi connectivity index (χ0) is 16.2. The fraction of sp³-hybridized carbons (Fsp3) is 0.118. The second kappa shape index (κ2) is 6.66. The van der Waals surface area contributed by atoms with Crippen molar-refractivity contribution in [2.45, 2.75) is 11.8 Å². The number of thioether (sulfide) groups is 1. The third-order valence-corrected chi connectivity index (χ3v) is 4.00. The van der Waals surface area contributed by atoms with Gasteiger partial charge in [0.25, 0.3) is 5.91 Å². The first-order valence-electron chi connectivity index (χ1n) is 7.01. The van der Waals surface area contributed by atoms with Crippen LogP contribution in [0.15, 0.2) is 57.8 Å². The van der Waals surface area contributed by atoms with E-state index in [0.717, 1.165) is 16.0 Å². The predicted octanol–water partition coefficient (Wildman–Crippen LogP) is 4.02. The molecule has 0 saturated carbocycles. The summed E-state index contributed by atoms with van der Waals surface area (Å²) in [5.74, 6) is 0.0955. The quantitative estimate of drug-likeness (QED) is 0.734. The molecule has 0 spiro atoms. The number of amides is 1. The molecule has 0 saturated heterocycles. The first kappa shape index (κ1) is 15.3. The zero-order valence-electron chi connectivity index (χ0n) is 12.7. The van der Waals surface area contributed by atoms with Crippen LogP contribution >= 0.6 is 11.8 Å². The Hall–Kier alpha value is -2.60. The molecule has 0 bridgehead atoms. The molecule has 0 radical (unpaired) electrons. The molecular formula is C17H15N3O2S. The largest absolute Gasteiger partial charge is 0.403 e. The monoisotopic (exact) mass is 325 g/mol. The standard InChI is InChI=1S/C17H15N3O2S/c1-11-6-8-12(9-7-11)15(21)18-17-20-19-16(22-17)13-4-3-5-14(10-13)23-2/h3-10H,1-2H3,(H,18,20,21). The Morgan fingerprint density at radius 1 is 1.13 bits per heavy atom. The van der Waals surface area contributed by atoms with E-state index in [4.69, 9.17) is 4.42 Å². The van der Waals surface area contributed by atoms with Crippen molar-refractivity contribution in [2.75, 3.05) is 11.6 Å². The van der Waals surface area contributed by atoms with Crippen molar-refractivity contribution < 1.29 is 9.21 Å². The number of aryl methyl sites for hydroxylation is 1. The Morgan fingerprint density at radius 3 is 2.65 bits per heavy atom. The molecule has 0 aliphatic rings. The number of nitrogens with zero attached hydrogens (tertiary/aromatic N) is 2. The van der Waals surface area contributed by atoms with Gasteiger partial charge in [-0.15, -0.1) is 16.9 Å². The van der Waals surface area contributed by atoms with Gasteiger partial charge in [0.1, 0.15) is 0 Å². The van der Waals surface area contributed by atoms with Gasteiger partial charge in [-0.1, -0.05) is 28.9 Å². The number of carbonyl (C=O) groups excluding carboxylic acids is 1. The lowest BCUT2D eigenvalue weighted by atomic mass is 10.1. The van der Waals surface area contributed by atoms with Gasteiger partial charge in [-0.2, -0.15) is 0 Å². The fourth-order valence-corrected chi connectivity index (χ4v) is 2.48. The van der Waals surface area contributed by atoms with Crippen LogP contribution in [0.3, 0.4) is 0 Å². The first-order chi connectivity index (χ1) is 11.2. The van der Waals surface area contributed by atoms with Crippen LogP contribution in [0, 0.1) is 6.92 Å². The summed E-state index contributed by atoms with van der Waals surface area (Å²) in [5.41, 5.74) is 2.45. The van der Waals surface area contributed by atoms with Gasteiger partial charge >= 0.3 is 6.01 Å². The summed E-state index contributed by atoms with van der Waals surface area (Å²) in [6, 6.07) is 15.1. The Kier molecular flexibility index (Phi) is 4.43. The topological polar surface area (TPSA) is 68.0 Å². The molecule has 3 aromatic rings. The minimum Gasteiger partial charge on any atom is -0.403 e. The number of anilines is 1. The van der Waals surface area contributed by atoms with Gasteiger partial charge in [0.2, 0.25) is 5.89 Å². The number of aromatic nitrogens is 2. The zero-order valence-corrected chi connectivity index (χ0v) is 13.6. The van der Waals surface area contributed by atoms with Crippen LogP contribution in [0.1, 0.15) is 15.9 Å². The maximum atomic E-state index is 12.1. The van der Waals surface area contributed by atoms with E-state index < -0.39 is 0 Å². The number of carbonyl (C=O) groups is 1. The maximum absolute atomic E-state index is 12.1. The molecule has 0 aliphatic heterocycles. The number of benzene rings is 2. The van der Waals surface area contributed by atoms with Crippen LogP contribution in [0.5, 0.6) is 0 Å². The third-order valence-electron chi connectivity index (χ3n) is 3.28. The van der Waals surface area contributed by atoms with Gasteiger partial charge < -0.3 is 4.42 Å². The Morgan fingerprint density at radius 2 is 1.91 bits per heavy atom. The van der Waals surface area contributed by atoms with E-state index in [1.165, 1.54) is 0 Å². The van der Waals surface area contributed by atoms with E-state index in [1.807, 2.05) is 49.6 Å². The number of nitrogens with one attached hydrogen (secondary N) is 1. The van der Waals surface area contributed by atoms with E-state index in [-0.39, 0.29) is 11.9 Å². The van der Waals surface area contributed by atoms with E-state index in [2.05, 4.69) is 15.5 Å². The molecular weight excluding hydrogens is 310 g/mol. The van der Waals surface area contributed by atoms with Gasteiger partial charge in [-0.25, -0.2) is 0 Å². The van der Waals surface area contributed by atoms with Crippen molar-refractivity contribution in [2.24, 2.45) is 0 Å². The van der Waals surface area contributed by atoms with Crippen LogP contribution in [-0.2, 0) is 0 Å². The Balaban J connectivity index is 1.76. The van der Waals surface area contributed by atoms with Crippen LogP contribution in [0.4, 0.5) is 6.01 Å². The summed E-state index contributed by atoms with van der Waals surface area (Å²) in [6.07, 6.45) is 2.00. The van der Waals surface area contributed by atoms with Crippen molar-refractivity contribution >= 4 is 23.7 Å². The van der Waals surface area contributed by atoms with Crippen LogP contribution in [0.2, 0.25) is 0 Å². The van der Waals surface area contributed by atoms with Crippen molar-refractivity contribution in [3.05, 3.63) is 59.7 Å². The lowest BCUT2D eigenvalue weighted by Crippen LogP contribution is -2.11. The summed E-state index contributed by atoms with van der Waals surface area (Å²) in [5, 5.41) is 10.5. The van der Waals surface area contributed by atoms with E-state index in [0.29, 0.717) is 11.5 Å². The molecule has 23 heavy (non-hydrogen) atoms. The van der Waals surface area contributed by atoms with Crippen LogP contribution in [-0.4, -0.2) is 22.4 Å².